The molecule has 1 N–H and O–H groups in total. The fourth-order valence-corrected chi connectivity index (χ4v) is 6.92. The van der Waals surface area contributed by atoms with Gasteiger partial charge in [0.05, 0.1) is 15.1 Å². The Kier molecular flexibility index (Phi) is 6.48. The number of hydrogen-bond donors (Lipinski definition) is 1. The van der Waals surface area contributed by atoms with Gasteiger partial charge in [0.2, 0.25) is 15.9 Å². The lowest BCUT2D eigenvalue weighted by molar-refractivity contribution is -0.120. The quantitative estimate of drug-likeness (QED) is 0.581. The molecule has 0 bridgehead atoms. The lowest BCUT2D eigenvalue weighted by Crippen LogP contribution is -2.41. The molecule has 1 fully saturated rings. The number of aromatic nitrogens is 1. The molecule has 0 aliphatic carbocycles. The van der Waals surface area contributed by atoms with E-state index in [-0.39, 0.29) is 40.7 Å². The number of thiazole rings is 1. The fraction of sp³-hybridized carbons (Fsp3) is 0.417. The third kappa shape index (κ3) is 4.49. The molecular weight excluding hydrogens is 458 g/mol. The van der Waals surface area contributed by atoms with E-state index in [1.165, 1.54) is 4.31 Å². The van der Waals surface area contributed by atoms with Crippen molar-refractivity contribution in [3.05, 3.63) is 57.2 Å². The van der Waals surface area contributed by atoms with Crippen LogP contribution in [-0.4, -0.2) is 36.3 Å². The second-order valence-corrected chi connectivity index (χ2v) is 11.8. The lowest BCUT2D eigenvalue weighted by Gasteiger charge is -2.30. The number of aryl methyl sites for hydroxylation is 1. The second-order valence-electron chi connectivity index (χ2n) is 8.88. The van der Waals surface area contributed by atoms with Crippen molar-refractivity contribution in [1.29, 1.82) is 0 Å². The minimum Gasteiger partial charge on any atom is -0.326 e. The van der Waals surface area contributed by atoms with Crippen LogP contribution in [0, 0.1) is 19.8 Å². The second kappa shape index (κ2) is 9.04. The molecule has 0 unspecified atom stereocenters. The largest absolute Gasteiger partial charge is 0.326 e. The van der Waals surface area contributed by atoms with Crippen LogP contribution >= 0.6 is 11.3 Å². The van der Waals surface area contributed by atoms with Gasteiger partial charge in [-0.1, -0.05) is 23.5 Å². The lowest BCUT2D eigenvalue weighted by atomic mass is 9.97. The first-order chi connectivity index (χ1) is 15.6. The molecular formula is C24H29N3O4S2. The van der Waals surface area contributed by atoms with Crippen molar-refractivity contribution in [3.8, 4) is 0 Å². The van der Waals surface area contributed by atoms with Gasteiger partial charge >= 0.3 is 4.87 Å². The first kappa shape index (κ1) is 23.7. The fourth-order valence-electron chi connectivity index (χ4n) is 4.29. The van der Waals surface area contributed by atoms with Crippen molar-refractivity contribution in [2.75, 3.05) is 18.4 Å². The summed E-state index contributed by atoms with van der Waals surface area (Å²) in [6, 6.07) is 10.7. The van der Waals surface area contributed by atoms with Gasteiger partial charge in [-0.05, 0) is 75.9 Å². The van der Waals surface area contributed by atoms with E-state index in [1.807, 2.05) is 45.9 Å². The zero-order chi connectivity index (χ0) is 23.9. The molecule has 4 rings (SSSR count). The molecule has 0 radical (unpaired) electrons. The van der Waals surface area contributed by atoms with Crippen LogP contribution in [0.5, 0.6) is 0 Å². The minimum absolute atomic E-state index is 0.00229. The number of fused-ring (bicyclic) bond motifs is 1. The third-order valence-corrected chi connectivity index (χ3v) is 9.24. The number of amides is 1. The molecule has 1 saturated heterocycles. The maximum Gasteiger partial charge on any atom is 0.308 e. The topological polar surface area (TPSA) is 88.5 Å². The van der Waals surface area contributed by atoms with E-state index in [4.69, 9.17) is 0 Å². The Morgan fingerprint density at radius 1 is 1.12 bits per heavy atom. The summed E-state index contributed by atoms with van der Waals surface area (Å²) in [6.45, 7) is 8.41. The van der Waals surface area contributed by atoms with Crippen LogP contribution in [0.3, 0.4) is 0 Å². The van der Waals surface area contributed by atoms with Crippen LogP contribution in [0.4, 0.5) is 5.69 Å². The smallest absolute Gasteiger partial charge is 0.308 e. The molecule has 176 valence electrons. The summed E-state index contributed by atoms with van der Waals surface area (Å²) in [5.41, 5.74) is 3.70. The molecule has 9 heteroatoms. The molecule has 1 amide bonds. The Morgan fingerprint density at radius 3 is 2.48 bits per heavy atom. The van der Waals surface area contributed by atoms with Crippen LogP contribution in [-0.2, 0) is 14.8 Å². The van der Waals surface area contributed by atoms with Crippen LogP contribution in [0.2, 0.25) is 0 Å². The molecule has 7 nitrogen and oxygen atoms in total. The maximum atomic E-state index is 13.3. The van der Waals surface area contributed by atoms with E-state index in [0.29, 0.717) is 17.5 Å². The maximum absolute atomic E-state index is 13.3. The third-order valence-electron chi connectivity index (χ3n) is 6.43. The number of hydrogen-bond acceptors (Lipinski definition) is 5. The first-order valence-electron chi connectivity index (χ1n) is 11.1. The zero-order valence-corrected chi connectivity index (χ0v) is 20.9. The van der Waals surface area contributed by atoms with Gasteiger partial charge in [-0.25, -0.2) is 8.42 Å². The van der Waals surface area contributed by atoms with E-state index in [1.54, 1.807) is 22.8 Å². The minimum atomic E-state index is -3.70. The van der Waals surface area contributed by atoms with Crippen molar-refractivity contribution < 1.29 is 13.2 Å². The monoisotopic (exact) mass is 487 g/mol. The summed E-state index contributed by atoms with van der Waals surface area (Å²) in [7, 11) is -3.70. The highest BCUT2D eigenvalue weighted by molar-refractivity contribution is 7.89. The predicted octanol–water partition coefficient (Wildman–Crippen LogP) is 4.30. The Bertz CT molecular complexity index is 1360. The number of benzene rings is 2. The van der Waals surface area contributed by atoms with E-state index >= 15 is 0 Å². The van der Waals surface area contributed by atoms with Gasteiger partial charge in [0, 0.05) is 30.7 Å². The van der Waals surface area contributed by atoms with Crippen LogP contribution in [0.1, 0.15) is 43.9 Å². The van der Waals surface area contributed by atoms with Crippen molar-refractivity contribution in [1.82, 2.24) is 8.87 Å². The molecule has 33 heavy (non-hydrogen) atoms. The Balaban J connectivity index is 1.47. The number of nitrogens with zero attached hydrogens (tertiary/aromatic N) is 2. The number of piperidine rings is 1. The Morgan fingerprint density at radius 2 is 1.82 bits per heavy atom. The van der Waals surface area contributed by atoms with Crippen molar-refractivity contribution in [2.24, 2.45) is 5.92 Å². The highest BCUT2D eigenvalue weighted by Crippen LogP contribution is 2.29. The van der Waals surface area contributed by atoms with Gasteiger partial charge < -0.3 is 5.32 Å². The number of sulfonamides is 1. The van der Waals surface area contributed by atoms with Crippen LogP contribution in [0.25, 0.3) is 10.2 Å². The molecule has 0 spiro atoms. The Hall–Kier alpha value is -2.49. The van der Waals surface area contributed by atoms with Gasteiger partial charge in [-0.3, -0.25) is 14.2 Å². The number of carbonyl (C=O) groups excluding carboxylic acids is 1. The average Bonchev–Trinajstić information content (AvgIpc) is 3.12. The molecule has 2 heterocycles. The van der Waals surface area contributed by atoms with Gasteiger partial charge in [0.25, 0.3) is 0 Å². The molecule has 0 atom stereocenters. The summed E-state index contributed by atoms with van der Waals surface area (Å²) in [6.07, 6.45) is 0.935. The molecule has 1 aliphatic rings. The highest BCUT2D eigenvalue weighted by atomic mass is 32.2. The summed E-state index contributed by atoms with van der Waals surface area (Å²) in [5.74, 6) is -0.300. The van der Waals surface area contributed by atoms with Crippen molar-refractivity contribution in [2.45, 2.75) is 51.5 Å². The molecule has 2 aromatic carbocycles. The van der Waals surface area contributed by atoms with E-state index in [0.717, 1.165) is 33.7 Å². The van der Waals surface area contributed by atoms with Gasteiger partial charge in [0.15, 0.2) is 0 Å². The van der Waals surface area contributed by atoms with Crippen LogP contribution in [0.15, 0.2) is 46.1 Å². The van der Waals surface area contributed by atoms with Gasteiger partial charge in [-0.2, -0.15) is 4.31 Å². The van der Waals surface area contributed by atoms with Gasteiger partial charge in [-0.15, -0.1) is 0 Å². The summed E-state index contributed by atoms with van der Waals surface area (Å²) in [4.78, 5) is 25.2. The standard InChI is InChI=1S/C24H29N3O4S2/c1-15(2)27-21-9-8-19(14-22(21)32-24(27)29)33(30,31)26-12-10-18(11-13-26)23(28)25-20-7-5-6-16(3)17(20)4/h5-9,14-15,18H,10-13H2,1-4H3,(H,25,28). The van der Waals surface area contributed by atoms with E-state index in [2.05, 4.69) is 5.32 Å². The van der Waals surface area contributed by atoms with Crippen LogP contribution < -0.4 is 10.2 Å². The zero-order valence-electron chi connectivity index (χ0n) is 19.3. The van der Waals surface area contributed by atoms with Gasteiger partial charge in [0.1, 0.15) is 0 Å². The summed E-state index contributed by atoms with van der Waals surface area (Å²) >= 11 is 1.06. The summed E-state index contributed by atoms with van der Waals surface area (Å²) in [5, 5.41) is 3.01. The van der Waals surface area contributed by atoms with Crippen molar-refractivity contribution in [3.63, 3.8) is 0 Å². The average molecular weight is 488 g/mol. The molecule has 1 aromatic heterocycles. The normalized spacial score (nSPS) is 15.9. The molecule has 0 saturated carbocycles. The van der Waals surface area contributed by atoms with E-state index in [9.17, 15) is 18.0 Å². The number of carbonyl (C=O) groups is 1. The number of nitrogens with one attached hydrogen (secondary N) is 1. The molecule has 1 aliphatic heterocycles. The first-order valence-corrected chi connectivity index (χ1v) is 13.4. The SMILES string of the molecule is Cc1cccc(NC(=O)C2CCN(S(=O)(=O)c3ccc4c(c3)sc(=O)n4C(C)C)CC2)c1C. The van der Waals surface area contributed by atoms with Crippen molar-refractivity contribution >= 4 is 43.2 Å². The summed E-state index contributed by atoms with van der Waals surface area (Å²) < 4.78 is 30.3. The number of rotatable bonds is 5. The molecule has 3 aromatic rings. The van der Waals surface area contributed by atoms with E-state index < -0.39 is 10.0 Å². The highest BCUT2D eigenvalue weighted by Gasteiger charge is 2.32. The number of anilines is 1. The Labute approximate surface area is 198 Å². The predicted molar refractivity (Wildman–Crippen MR) is 132 cm³/mol.